The van der Waals surface area contributed by atoms with Crippen LogP contribution in [0.25, 0.3) is 10.9 Å². The molecular weight excluding hydrogens is 202 g/mol. The van der Waals surface area contributed by atoms with Gasteiger partial charge in [-0.3, -0.25) is 9.48 Å². The molecule has 0 N–H and O–H groups in total. The van der Waals surface area contributed by atoms with Crippen LogP contribution in [0.5, 0.6) is 0 Å². The summed E-state index contributed by atoms with van der Waals surface area (Å²) in [6.45, 7) is 2.33. The van der Waals surface area contributed by atoms with Gasteiger partial charge in [0.1, 0.15) is 0 Å². The van der Waals surface area contributed by atoms with E-state index in [-0.39, 0.29) is 11.3 Å². The number of benzene rings is 1. The normalized spacial score (nSPS) is 12.2. The molecule has 0 aliphatic rings. The Balaban J connectivity index is 2.60. The lowest BCUT2D eigenvalue weighted by Gasteiger charge is -2.09. The van der Waals surface area contributed by atoms with Crippen molar-refractivity contribution in [2.75, 3.05) is 0 Å². The van der Waals surface area contributed by atoms with E-state index in [9.17, 15) is 4.79 Å². The predicted molar refractivity (Wildman–Crippen MR) is 60.8 cm³/mol. The van der Waals surface area contributed by atoms with Gasteiger partial charge in [0, 0.05) is 5.39 Å². The molecule has 0 aliphatic carbocycles. The predicted octanol–water partition coefficient (Wildman–Crippen LogP) is 1.56. The van der Waals surface area contributed by atoms with E-state index >= 15 is 0 Å². The molecule has 1 aromatic carbocycles. The summed E-state index contributed by atoms with van der Waals surface area (Å²) in [6.07, 6.45) is 1.30. The van der Waals surface area contributed by atoms with Crippen molar-refractivity contribution in [2.45, 2.75) is 13.5 Å². The van der Waals surface area contributed by atoms with Gasteiger partial charge in [-0.2, -0.15) is 10.4 Å². The smallest absolute Gasteiger partial charge is 0.207 e. The average Bonchev–Trinajstić information content (AvgIpc) is 2.33. The molecule has 2 rings (SSSR count). The minimum atomic E-state index is -0.126. The van der Waals surface area contributed by atoms with Crippen molar-refractivity contribution in [3.05, 3.63) is 40.7 Å². The Labute approximate surface area is 92.7 Å². The molecule has 0 aliphatic heterocycles. The number of nitrogens with zero attached hydrogens (tertiary/aromatic N) is 3. The van der Waals surface area contributed by atoms with Gasteiger partial charge in [-0.25, -0.2) is 0 Å². The van der Waals surface area contributed by atoms with Crippen LogP contribution < -0.4 is 5.43 Å². The van der Waals surface area contributed by atoms with Crippen LogP contribution in [0.4, 0.5) is 0 Å². The molecule has 16 heavy (non-hydrogen) atoms. The number of rotatable bonds is 2. The molecular formula is C12H11N3O. The SMILES string of the molecule is CC(C#N)Cn1ncc(=O)c2ccccc21. The van der Waals surface area contributed by atoms with Crippen LogP contribution in [0.1, 0.15) is 6.92 Å². The molecule has 1 unspecified atom stereocenters. The Morgan fingerprint density at radius 1 is 1.50 bits per heavy atom. The second-order valence-corrected chi connectivity index (χ2v) is 3.74. The zero-order valence-electron chi connectivity index (χ0n) is 8.92. The first-order chi connectivity index (χ1) is 7.72. The highest BCUT2D eigenvalue weighted by molar-refractivity contribution is 5.77. The largest absolute Gasteiger partial charge is 0.287 e. The van der Waals surface area contributed by atoms with Gasteiger partial charge < -0.3 is 0 Å². The van der Waals surface area contributed by atoms with Gasteiger partial charge in [-0.05, 0) is 19.1 Å². The van der Waals surface area contributed by atoms with Gasteiger partial charge in [0.15, 0.2) is 0 Å². The van der Waals surface area contributed by atoms with E-state index in [1.54, 1.807) is 10.7 Å². The number of para-hydroxylation sites is 1. The molecule has 2 aromatic rings. The minimum Gasteiger partial charge on any atom is -0.287 e. The summed E-state index contributed by atoms with van der Waals surface area (Å²) >= 11 is 0. The molecule has 0 fully saturated rings. The van der Waals surface area contributed by atoms with Crippen molar-refractivity contribution in [2.24, 2.45) is 5.92 Å². The molecule has 1 aromatic heterocycles. The highest BCUT2D eigenvalue weighted by Crippen LogP contribution is 2.09. The molecule has 4 heteroatoms. The summed E-state index contributed by atoms with van der Waals surface area (Å²) < 4.78 is 1.70. The molecule has 0 saturated heterocycles. The molecule has 1 atom stereocenters. The Morgan fingerprint density at radius 2 is 2.25 bits per heavy atom. The van der Waals surface area contributed by atoms with Gasteiger partial charge in [-0.15, -0.1) is 0 Å². The maximum absolute atomic E-state index is 11.5. The first kappa shape index (κ1) is 10.4. The third kappa shape index (κ3) is 1.80. The van der Waals surface area contributed by atoms with E-state index in [1.807, 2.05) is 25.1 Å². The molecule has 80 valence electrons. The van der Waals surface area contributed by atoms with Crippen molar-refractivity contribution < 1.29 is 0 Å². The zero-order valence-corrected chi connectivity index (χ0v) is 8.92. The number of fused-ring (bicyclic) bond motifs is 1. The van der Waals surface area contributed by atoms with E-state index < -0.39 is 0 Å². The molecule has 1 heterocycles. The first-order valence-electron chi connectivity index (χ1n) is 5.07. The minimum absolute atomic E-state index is 0.0866. The fourth-order valence-electron chi connectivity index (χ4n) is 1.61. The standard InChI is InChI=1S/C12H11N3O/c1-9(6-13)8-15-11-5-3-2-4-10(11)12(16)7-14-15/h2-5,7,9H,8H2,1H3. The highest BCUT2D eigenvalue weighted by Gasteiger charge is 2.06. The first-order valence-corrected chi connectivity index (χ1v) is 5.07. The van der Waals surface area contributed by atoms with Crippen molar-refractivity contribution in [3.8, 4) is 6.07 Å². The quantitative estimate of drug-likeness (QED) is 0.760. The van der Waals surface area contributed by atoms with E-state index in [0.29, 0.717) is 11.9 Å². The zero-order chi connectivity index (χ0) is 11.5. The maximum atomic E-state index is 11.5. The topological polar surface area (TPSA) is 58.7 Å². The molecule has 0 radical (unpaired) electrons. The van der Waals surface area contributed by atoms with E-state index in [0.717, 1.165) is 5.52 Å². The lowest BCUT2D eigenvalue weighted by atomic mass is 10.2. The van der Waals surface area contributed by atoms with Crippen LogP contribution in [0, 0.1) is 17.2 Å². The highest BCUT2D eigenvalue weighted by atomic mass is 16.1. The number of hydrogen-bond donors (Lipinski definition) is 0. The van der Waals surface area contributed by atoms with Crippen molar-refractivity contribution in [3.63, 3.8) is 0 Å². The summed E-state index contributed by atoms with van der Waals surface area (Å²) in [7, 11) is 0. The van der Waals surface area contributed by atoms with Gasteiger partial charge in [0.05, 0.1) is 30.2 Å². The number of hydrogen-bond acceptors (Lipinski definition) is 3. The second kappa shape index (κ2) is 4.15. The molecule has 0 saturated carbocycles. The molecule has 0 bridgehead atoms. The molecule has 4 nitrogen and oxygen atoms in total. The maximum Gasteiger partial charge on any atom is 0.207 e. The second-order valence-electron chi connectivity index (χ2n) is 3.74. The average molecular weight is 213 g/mol. The van der Waals surface area contributed by atoms with Gasteiger partial charge >= 0.3 is 0 Å². The fourth-order valence-corrected chi connectivity index (χ4v) is 1.61. The van der Waals surface area contributed by atoms with Crippen LogP contribution in [-0.2, 0) is 6.54 Å². The Bertz CT molecular complexity index is 609. The van der Waals surface area contributed by atoms with E-state index in [1.165, 1.54) is 6.20 Å². The van der Waals surface area contributed by atoms with Crippen LogP contribution in [-0.4, -0.2) is 9.78 Å². The summed E-state index contributed by atoms with van der Waals surface area (Å²) in [4.78, 5) is 11.5. The van der Waals surface area contributed by atoms with Crippen LogP contribution >= 0.6 is 0 Å². The molecule has 0 amide bonds. The van der Waals surface area contributed by atoms with Gasteiger partial charge in [0.2, 0.25) is 5.43 Å². The van der Waals surface area contributed by atoms with E-state index in [4.69, 9.17) is 5.26 Å². The Hall–Kier alpha value is -2.15. The van der Waals surface area contributed by atoms with Crippen LogP contribution in [0.15, 0.2) is 35.3 Å². The van der Waals surface area contributed by atoms with Crippen LogP contribution in [0.3, 0.4) is 0 Å². The molecule has 0 spiro atoms. The lowest BCUT2D eigenvalue weighted by molar-refractivity contribution is 0.536. The van der Waals surface area contributed by atoms with Crippen molar-refractivity contribution >= 4 is 10.9 Å². The Kier molecular flexibility index (Phi) is 2.69. The number of aromatic nitrogens is 2. The van der Waals surface area contributed by atoms with Crippen molar-refractivity contribution in [1.29, 1.82) is 5.26 Å². The van der Waals surface area contributed by atoms with Crippen molar-refractivity contribution in [1.82, 2.24) is 9.78 Å². The Morgan fingerprint density at radius 3 is 3.00 bits per heavy atom. The van der Waals surface area contributed by atoms with Gasteiger partial charge in [-0.1, -0.05) is 12.1 Å². The third-order valence-corrected chi connectivity index (χ3v) is 2.43. The van der Waals surface area contributed by atoms with Gasteiger partial charge in [0.25, 0.3) is 0 Å². The summed E-state index contributed by atoms with van der Waals surface area (Å²) in [5.74, 6) is -0.126. The van der Waals surface area contributed by atoms with E-state index in [2.05, 4.69) is 11.2 Å². The fraction of sp³-hybridized carbons (Fsp3) is 0.250. The summed E-state index contributed by atoms with van der Waals surface area (Å²) in [6, 6.07) is 9.44. The number of nitriles is 1. The lowest BCUT2D eigenvalue weighted by Crippen LogP contribution is -2.15. The summed E-state index contributed by atoms with van der Waals surface area (Å²) in [5, 5.41) is 13.5. The third-order valence-electron chi connectivity index (χ3n) is 2.43. The summed E-state index contributed by atoms with van der Waals surface area (Å²) in [5.41, 5.74) is 0.688. The van der Waals surface area contributed by atoms with Crippen LogP contribution in [0.2, 0.25) is 0 Å². The monoisotopic (exact) mass is 213 g/mol.